The van der Waals surface area contributed by atoms with Crippen molar-refractivity contribution in [3.8, 4) is 5.88 Å². The number of esters is 1. The molecule has 0 aliphatic carbocycles. The lowest BCUT2D eigenvalue weighted by atomic mass is 10.1. The predicted molar refractivity (Wildman–Crippen MR) is 99.5 cm³/mol. The van der Waals surface area contributed by atoms with Crippen LogP contribution in [0.15, 0.2) is 54.9 Å². The molecule has 0 spiro atoms. The van der Waals surface area contributed by atoms with Crippen LogP contribution in [0.2, 0.25) is 0 Å². The van der Waals surface area contributed by atoms with Crippen LogP contribution < -0.4 is 10.1 Å². The number of ether oxygens (including phenoxy) is 2. The van der Waals surface area contributed by atoms with Crippen LogP contribution in [0.1, 0.15) is 15.9 Å². The maximum atomic E-state index is 12.8. The normalized spacial score (nSPS) is 11.6. The van der Waals surface area contributed by atoms with Gasteiger partial charge in [-0.05, 0) is 18.2 Å². The van der Waals surface area contributed by atoms with Crippen molar-refractivity contribution in [1.29, 1.82) is 0 Å². The van der Waals surface area contributed by atoms with Crippen molar-refractivity contribution in [2.24, 2.45) is 0 Å². The number of aromatic nitrogens is 2. The van der Waals surface area contributed by atoms with Crippen LogP contribution in [0.5, 0.6) is 5.88 Å². The Bertz CT molecular complexity index is 969. The second kappa shape index (κ2) is 8.27. The third-order valence-corrected chi connectivity index (χ3v) is 4.14. The lowest BCUT2D eigenvalue weighted by molar-refractivity contribution is -0.142. The largest absolute Gasteiger partial charge is 0.481 e. The Labute approximate surface area is 156 Å². The second-order valence-electron chi connectivity index (χ2n) is 5.81. The van der Waals surface area contributed by atoms with Crippen LogP contribution in [0.4, 0.5) is 0 Å². The minimum absolute atomic E-state index is 0.188. The summed E-state index contributed by atoms with van der Waals surface area (Å²) in [6, 6.07) is 11.6. The molecular weight excluding hydrogens is 346 g/mol. The standard InChI is InChI=1S/C20H19N3O4/c1-26-19-14(8-5-11-22-19)12-16(20(25)27-2)23-18(24)15-9-3-6-13-7-4-10-21-17(13)15/h3-11,16H,12H2,1-2H3,(H,23,24)/t16-/m1/s1. The maximum absolute atomic E-state index is 12.8. The number of pyridine rings is 2. The molecule has 0 saturated carbocycles. The van der Waals surface area contributed by atoms with Gasteiger partial charge in [-0.3, -0.25) is 9.78 Å². The Hall–Kier alpha value is -3.48. The van der Waals surface area contributed by atoms with Gasteiger partial charge in [-0.25, -0.2) is 9.78 Å². The highest BCUT2D eigenvalue weighted by molar-refractivity contribution is 6.06. The number of rotatable bonds is 6. The highest BCUT2D eigenvalue weighted by atomic mass is 16.5. The first kappa shape index (κ1) is 18.3. The van der Waals surface area contributed by atoms with Crippen molar-refractivity contribution in [2.75, 3.05) is 14.2 Å². The molecule has 0 aliphatic rings. The van der Waals surface area contributed by atoms with E-state index in [9.17, 15) is 9.59 Å². The van der Waals surface area contributed by atoms with E-state index in [0.717, 1.165) is 5.39 Å². The van der Waals surface area contributed by atoms with Gasteiger partial charge in [-0.1, -0.05) is 24.3 Å². The third-order valence-electron chi connectivity index (χ3n) is 4.14. The average molecular weight is 365 g/mol. The van der Waals surface area contributed by atoms with E-state index in [4.69, 9.17) is 9.47 Å². The Morgan fingerprint density at radius 3 is 2.56 bits per heavy atom. The molecule has 0 bridgehead atoms. The second-order valence-corrected chi connectivity index (χ2v) is 5.81. The van der Waals surface area contributed by atoms with Crippen LogP contribution in [0.3, 0.4) is 0 Å². The molecule has 3 aromatic rings. The molecule has 0 saturated heterocycles. The quantitative estimate of drug-likeness (QED) is 0.673. The van der Waals surface area contributed by atoms with E-state index in [0.29, 0.717) is 22.5 Å². The van der Waals surface area contributed by atoms with Crippen LogP contribution in [0.25, 0.3) is 10.9 Å². The molecule has 7 heteroatoms. The van der Waals surface area contributed by atoms with Crippen LogP contribution >= 0.6 is 0 Å². The fourth-order valence-electron chi connectivity index (χ4n) is 2.84. The van der Waals surface area contributed by atoms with Gasteiger partial charge in [-0.2, -0.15) is 0 Å². The van der Waals surface area contributed by atoms with Crippen LogP contribution in [-0.2, 0) is 16.0 Å². The van der Waals surface area contributed by atoms with Crippen molar-refractivity contribution in [3.05, 3.63) is 66.0 Å². The van der Waals surface area contributed by atoms with Gasteiger partial charge < -0.3 is 14.8 Å². The number of amides is 1. The molecule has 1 aromatic carbocycles. The Balaban J connectivity index is 1.88. The summed E-state index contributed by atoms with van der Waals surface area (Å²) in [4.78, 5) is 33.5. The molecule has 0 aliphatic heterocycles. The van der Waals surface area contributed by atoms with Crippen molar-refractivity contribution in [1.82, 2.24) is 15.3 Å². The van der Waals surface area contributed by atoms with Gasteiger partial charge in [0, 0.05) is 29.8 Å². The van der Waals surface area contributed by atoms with E-state index in [1.165, 1.54) is 14.2 Å². The number of carbonyl (C=O) groups excluding carboxylic acids is 2. The van der Waals surface area contributed by atoms with Crippen LogP contribution in [0, 0.1) is 0 Å². The van der Waals surface area contributed by atoms with Gasteiger partial charge in [-0.15, -0.1) is 0 Å². The Morgan fingerprint density at radius 1 is 1.04 bits per heavy atom. The molecule has 138 valence electrons. The van der Waals surface area contributed by atoms with E-state index in [-0.39, 0.29) is 6.42 Å². The number of hydrogen-bond acceptors (Lipinski definition) is 6. The molecule has 0 radical (unpaired) electrons. The summed E-state index contributed by atoms with van der Waals surface area (Å²) >= 11 is 0. The number of para-hydroxylation sites is 1. The molecule has 1 atom stereocenters. The molecular formula is C20H19N3O4. The molecule has 0 fully saturated rings. The fraction of sp³-hybridized carbons (Fsp3) is 0.200. The van der Waals surface area contributed by atoms with E-state index >= 15 is 0 Å². The van der Waals surface area contributed by atoms with Crippen molar-refractivity contribution >= 4 is 22.8 Å². The lowest BCUT2D eigenvalue weighted by Crippen LogP contribution is -2.43. The molecule has 1 N–H and O–H groups in total. The number of benzene rings is 1. The van der Waals surface area contributed by atoms with E-state index in [1.807, 2.05) is 12.1 Å². The summed E-state index contributed by atoms with van der Waals surface area (Å²) < 4.78 is 10.1. The third kappa shape index (κ3) is 4.03. The summed E-state index contributed by atoms with van der Waals surface area (Å²) in [5, 5.41) is 3.58. The highest BCUT2D eigenvalue weighted by Gasteiger charge is 2.25. The minimum Gasteiger partial charge on any atom is -0.481 e. The number of nitrogens with zero attached hydrogens (tertiary/aromatic N) is 2. The molecule has 2 aromatic heterocycles. The topological polar surface area (TPSA) is 90.4 Å². The van der Waals surface area contributed by atoms with E-state index in [2.05, 4.69) is 15.3 Å². The smallest absolute Gasteiger partial charge is 0.328 e. The zero-order valence-corrected chi connectivity index (χ0v) is 15.0. The number of hydrogen-bond donors (Lipinski definition) is 1. The van der Waals surface area contributed by atoms with Gasteiger partial charge in [0.25, 0.3) is 5.91 Å². The molecule has 1 amide bonds. The zero-order valence-electron chi connectivity index (χ0n) is 15.0. The van der Waals surface area contributed by atoms with E-state index < -0.39 is 17.9 Å². The van der Waals surface area contributed by atoms with Gasteiger partial charge in [0.2, 0.25) is 5.88 Å². The summed E-state index contributed by atoms with van der Waals surface area (Å²) in [6.45, 7) is 0. The minimum atomic E-state index is -0.889. The van der Waals surface area contributed by atoms with Gasteiger partial charge >= 0.3 is 5.97 Å². The lowest BCUT2D eigenvalue weighted by Gasteiger charge is -2.18. The maximum Gasteiger partial charge on any atom is 0.328 e. The van der Waals surface area contributed by atoms with Gasteiger partial charge in [0.15, 0.2) is 0 Å². The van der Waals surface area contributed by atoms with Crippen molar-refractivity contribution in [3.63, 3.8) is 0 Å². The molecule has 0 unspecified atom stereocenters. The molecule has 7 nitrogen and oxygen atoms in total. The zero-order chi connectivity index (χ0) is 19.2. The number of methoxy groups -OCH3 is 2. The van der Waals surface area contributed by atoms with Crippen LogP contribution in [-0.4, -0.2) is 42.1 Å². The monoisotopic (exact) mass is 365 g/mol. The molecule has 27 heavy (non-hydrogen) atoms. The number of nitrogens with one attached hydrogen (secondary N) is 1. The summed E-state index contributed by atoms with van der Waals surface area (Å²) in [5.41, 5.74) is 1.65. The summed E-state index contributed by atoms with van der Waals surface area (Å²) in [7, 11) is 2.78. The Morgan fingerprint density at radius 2 is 1.78 bits per heavy atom. The van der Waals surface area contributed by atoms with Crippen molar-refractivity contribution in [2.45, 2.75) is 12.5 Å². The summed E-state index contributed by atoms with van der Waals surface area (Å²) in [5.74, 6) is -0.563. The van der Waals surface area contributed by atoms with Gasteiger partial charge in [0.1, 0.15) is 6.04 Å². The first-order valence-electron chi connectivity index (χ1n) is 8.34. The first-order chi connectivity index (χ1) is 13.1. The van der Waals surface area contributed by atoms with Gasteiger partial charge in [0.05, 0.1) is 25.3 Å². The Kier molecular flexibility index (Phi) is 5.61. The SMILES string of the molecule is COC(=O)[C@@H](Cc1cccnc1OC)NC(=O)c1cccc2cccnc12. The predicted octanol–water partition coefficient (Wildman–Crippen LogP) is 2.15. The first-order valence-corrected chi connectivity index (χ1v) is 8.34. The highest BCUT2D eigenvalue weighted by Crippen LogP contribution is 2.18. The van der Waals surface area contributed by atoms with E-state index in [1.54, 1.807) is 42.7 Å². The fourth-order valence-corrected chi connectivity index (χ4v) is 2.84. The summed E-state index contributed by atoms with van der Waals surface area (Å²) in [6.07, 6.45) is 3.40. The molecule has 3 rings (SSSR count). The van der Waals surface area contributed by atoms with Crippen molar-refractivity contribution < 1.29 is 19.1 Å². The molecule has 2 heterocycles. The average Bonchev–Trinajstić information content (AvgIpc) is 2.72. The number of carbonyl (C=O) groups is 2. The number of fused-ring (bicyclic) bond motifs is 1.